The number of hydrogen-bond acceptors (Lipinski definition) is 5. The molecule has 26 heavy (non-hydrogen) atoms. The van der Waals surface area contributed by atoms with E-state index in [1.807, 2.05) is 26.0 Å². The summed E-state index contributed by atoms with van der Waals surface area (Å²) in [6.45, 7) is 4.97. The van der Waals surface area contributed by atoms with Crippen molar-refractivity contribution in [2.75, 3.05) is 27.2 Å². The predicted molar refractivity (Wildman–Crippen MR) is 110 cm³/mol. The van der Waals surface area contributed by atoms with Crippen LogP contribution in [0.5, 0.6) is 0 Å². The van der Waals surface area contributed by atoms with Crippen LogP contribution in [0.4, 0.5) is 0 Å². The third-order valence-electron chi connectivity index (χ3n) is 3.73. The minimum absolute atomic E-state index is 0. The average molecular weight is 475 g/mol. The second-order valence-corrected chi connectivity index (χ2v) is 5.87. The lowest BCUT2D eigenvalue weighted by molar-refractivity contribution is -0.127. The molecule has 8 nitrogen and oxygen atoms in total. The Hall–Kier alpha value is -2.04. The van der Waals surface area contributed by atoms with Gasteiger partial charge in [0.1, 0.15) is 11.5 Å². The predicted octanol–water partition coefficient (Wildman–Crippen LogP) is 1.87. The quantitative estimate of drug-likeness (QED) is 0.361. The maximum absolute atomic E-state index is 11.8. The van der Waals surface area contributed by atoms with E-state index in [-0.39, 0.29) is 36.4 Å². The molecule has 0 aliphatic heterocycles. The maximum atomic E-state index is 11.8. The van der Waals surface area contributed by atoms with Crippen LogP contribution in [0.3, 0.4) is 0 Å². The molecule has 0 unspecified atom stereocenters. The fraction of sp³-hybridized carbons (Fsp3) is 0.471. The molecule has 9 heteroatoms. The van der Waals surface area contributed by atoms with Gasteiger partial charge in [-0.25, -0.2) is 4.99 Å². The number of amides is 1. The molecule has 0 saturated heterocycles. The zero-order chi connectivity index (χ0) is 18.2. The van der Waals surface area contributed by atoms with Gasteiger partial charge in [0.25, 0.3) is 0 Å². The summed E-state index contributed by atoms with van der Waals surface area (Å²) in [7, 11) is 3.43. The van der Waals surface area contributed by atoms with Crippen LogP contribution in [0.15, 0.2) is 32.3 Å². The number of furan rings is 1. The Balaban J connectivity index is 0.00000338. The molecule has 2 rings (SSSR count). The largest absolute Gasteiger partial charge is 0.469 e. The van der Waals surface area contributed by atoms with Gasteiger partial charge in [0, 0.05) is 32.6 Å². The van der Waals surface area contributed by atoms with Crippen LogP contribution in [0.25, 0.3) is 0 Å². The van der Waals surface area contributed by atoms with Crippen LogP contribution in [0.1, 0.15) is 22.8 Å². The number of aromatic nitrogens is 1. The maximum Gasteiger partial charge on any atom is 0.241 e. The highest BCUT2D eigenvalue weighted by Gasteiger charge is 2.10. The molecule has 2 aromatic heterocycles. The van der Waals surface area contributed by atoms with Crippen LogP contribution in [0.2, 0.25) is 0 Å². The summed E-state index contributed by atoms with van der Waals surface area (Å²) in [5.74, 6) is 2.17. The van der Waals surface area contributed by atoms with Crippen molar-refractivity contribution in [2.45, 2.75) is 26.8 Å². The minimum Gasteiger partial charge on any atom is -0.469 e. The zero-order valence-electron chi connectivity index (χ0n) is 15.5. The van der Waals surface area contributed by atoms with Gasteiger partial charge in [0.2, 0.25) is 5.91 Å². The molecule has 0 atom stereocenters. The Kier molecular flexibility index (Phi) is 9.17. The second kappa shape index (κ2) is 10.8. The van der Waals surface area contributed by atoms with Crippen molar-refractivity contribution in [1.29, 1.82) is 0 Å². The summed E-state index contributed by atoms with van der Waals surface area (Å²) in [6, 6.07) is 3.78. The molecule has 0 aliphatic carbocycles. The van der Waals surface area contributed by atoms with Gasteiger partial charge in [-0.05, 0) is 26.0 Å². The molecule has 0 radical (unpaired) electrons. The topological polar surface area (TPSA) is 95.9 Å². The van der Waals surface area contributed by atoms with Crippen LogP contribution in [-0.2, 0) is 17.8 Å². The number of nitrogens with zero attached hydrogens (tertiary/aromatic N) is 3. The van der Waals surface area contributed by atoms with E-state index in [9.17, 15) is 4.79 Å². The smallest absolute Gasteiger partial charge is 0.241 e. The molecular formula is C17H26IN5O3. The number of guanidine groups is 1. The number of aliphatic imine (C=N–C) groups is 1. The summed E-state index contributed by atoms with van der Waals surface area (Å²) >= 11 is 0. The van der Waals surface area contributed by atoms with Gasteiger partial charge in [-0.1, -0.05) is 5.16 Å². The summed E-state index contributed by atoms with van der Waals surface area (Å²) in [5, 5.41) is 10.2. The van der Waals surface area contributed by atoms with E-state index in [0.29, 0.717) is 19.0 Å². The molecule has 0 saturated carbocycles. The van der Waals surface area contributed by atoms with E-state index < -0.39 is 0 Å². The van der Waals surface area contributed by atoms with E-state index >= 15 is 0 Å². The van der Waals surface area contributed by atoms with Gasteiger partial charge in [-0.3, -0.25) is 4.79 Å². The number of hydrogen-bond donors (Lipinski definition) is 2. The van der Waals surface area contributed by atoms with E-state index in [0.717, 1.165) is 29.2 Å². The standard InChI is InChI=1S/C17H25N5O3.HI/c1-12-15(13(2)25-21-12)10-19-17(20-11-16(23)22(3)4)18-8-7-14-6-5-9-24-14;/h5-6,9H,7-8,10-11H2,1-4H3,(H2,18,19,20);1H. The van der Waals surface area contributed by atoms with Crippen LogP contribution < -0.4 is 10.6 Å². The van der Waals surface area contributed by atoms with Crippen molar-refractivity contribution in [3.8, 4) is 0 Å². The molecule has 0 fully saturated rings. The molecule has 0 aliphatic rings. The first-order valence-corrected chi connectivity index (χ1v) is 8.14. The first kappa shape index (κ1) is 22.0. The Morgan fingerprint density at radius 2 is 2.08 bits per heavy atom. The summed E-state index contributed by atoms with van der Waals surface area (Å²) in [4.78, 5) is 17.9. The molecule has 2 aromatic rings. The normalized spacial score (nSPS) is 11.0. The highest BCUT2D eigenvalue weighted by Crippen LogP contribution is 2.12. The first-order chi connectivity index (χ1) is 12.0. The number of carbonyl (C=O) groups is 1. The zero-order valence-corrected chi connectivity index (χ0v) is 17.9. The molecule has 0 spiro atoms. The highest BCUT2D eigenvalue weighted by molar-refractivity contribution is 14.0. The Morgan fingerprint density at radius 3 is 2.65 bits per heavy atom. The van der Waals surface area contributed by atoms with Gasteiger partial charge in [0.05, 0.1) is 25.0 Å². The lowest BCUT2D eigenvalue weighted by atomic mass is 10.2. The Bertz CT molecular complexity index is 691. The Morgan fingerprint density at radius 1 is 1.31 bits per heavy atom. The van der Waals surface area contributed by atoms with Gasteiger partial charge < -0.3 is 24.5 Å². The molecule has 1 amide bonds. The molecule has 2 heterocycles. The monoisotopic (exact) mass is 475 g/mol. The molecule has 0 bridgehead atoms. The van der Waals surface area contributed by atoms with Crippen molar-refractivity contribution >= 4 is 35.8 Å². The molecule has 0 aromatic carbocycles. The fourth-order valence-corrected chi connectivity index (χ4v) is 2.14. The number of nitrogens with one attached hydrogen (secondary N) is 2. The van der Waals surface area contributed by atoms with Crippen molar-refractivity contribution in [1.82, 2.24) is 20.7 Å². The van der Waals surface area contributed by atoms with Crippen LogP contribution >= 0.6 is 24.0 Å². The SMILES string of the molecule is Cc1noc(C)c1CN=C(NCCc1ccco1)NCC(=O)N(C)C.I. The highest BCUT2D eigenvalue weighted by atomic mass is 127. The lowest BCUT2D eigenvalue weighted by Crippen LogP contribution is -2.43. The van der Waals surface area contributed by atoms with Gasteiger partial charge >= 0.3 is 0 Å². The number of aryl methyl sites for hydroxylation is 2. The van der Waals surface area contributed by atoms with E-state index in [4.69, 9.17) is 8.94 Å². The average Bonchev–Trinajstić information content (AvgIpc) is 3.20. The fourth-order valence-electron chi connectivity index (χ4n) is 2.14. The van der Waals surface area contributed by atoms with Gasteiger partial charge in [-0.15, -0.1) is 24.0 Å². The van der Waals surface area contributed by atoms with Crippen molar-refractivity contribution in [2.24, 2.45) is 4.99 Å². The molecule has 144 valence electrons. The number of halogens is 1. The number of likely N-dealkylation sites (N-methyl/N-ethyl adjacent to an activating group) is 1. The van der Waals surface area contributed by atoms with Crippen molar-refractivity contribution in [3.05, 3.63) is 41.2 Å². The number of rotatable bonds is 7. The van der Waals surface area contributed by atoms with Gasteiger partial charge in [0.15, 0.2) is 5.96 Å². The summed E-state index contributed by atoms with van der Waals surface area (Å²) in [5.41, 5.74) is 1.77. The third kappa shape index (κ3) is 6.70. The Labute approximate surface area is 170 Å². The lowest BCUT2D eigenvalue weighted by Gasteiger charge is -2.14. The van der Waals surface area contributed by atoms with E-state index in [1.165, 1.54) is 4.90 Å². The molecule has 2 N–H and O–H groups in total. The van der Waals surface area contributed by atoms with Crippen LogP contribution in [-0.4, -0.2) is 49.1 Å². The first-order valence-electron chi connectivity index (χ1n) is 8.14. The molecular weight excluding hydrogens is 449 g/mol. The van der Waals surface area contributed by atoms with Crippen molar-refractivity contribution < 1.29 is 13.7 Å². The third-order valence-corrected chi connectivity index (χ3v) is 3.73. The second-order valence-electron chi connectivity index (χ2n) is 5.87. The summed E-state index contributed by atoms with van der Waals surface area (Å²) in [6.07, 6.45) is 2.37. The number of carbonyl (C=O) groups excluding carboxylic acids is 1. The van der Waals surface area contributed by atoms with E-state index in [1.54, 1.807) is 20.4 Å². The minimum atomic E-state index is -0.0297. The summed E-state index contributed by atoms with van der Waals surface area (Å²) < 4.78 is 10.5. The van der Waals surface area contributed by atoms with Crippen LogP contribution in [0, 0.1) is 13.8 Å². The van der Waals surface area contributed by atoms with E-state index in [2.05, 4.69) is 20.8 Å². The van der Waals surface area contributed by atoms with Crippen molar-refractivity contribution in [3.63, 3.8) is 0 Å². The van der Waals surface area contributed by atoms with Gasteiger partial charge in [-0.2, -0.15) is 0 Å².